The minimum Gasteiger partial charge on any atom is -0.233 e. The van der Waals surface area contributed by atoms with Gasteiger partial charge < -0.3 is 0 Å². The molecule has 11 heavy (non-hydrogen) atoms. The number of aryl methyl sites for hydroxylation is 1. The maximum atomic E-state index is 5.33. The molecule has 2 heteroatoms. The number of hydrogen-bond donors (Lipinski definition) is 1. The Labute approximate surface area is 72.5 Å². The zero-order valence-electron chi connectivity index (χ0n) is 6.60. The van der Waals surface area contributed by atoms with Crippen LogP contribution >= 0.6 is 11.8 Å². The van der Waals surface area contributed by atoms with Crippen LogP contribution in [0.5, 0.6) is 0 Å². The summed E-state index contributed by atoms with van der Waals surface area (Å²) in [5.74, 6) is 0. The van der Waals surface area contributed by atoms with Gasteiger partial charge in [-0.1, -0.05) is 29.8 Å². The normalized spacial score (nSPS) is 10.0. The van der Waals surface area contributed by atoms with Gasteiger partial charge in [0.05, 0.1) is 0 Å². The molecule has 1 nitrogen and oxygen atoms in total. The fraction of sp³-hybridized carbons (Fsp3) is 0.333. The van der Waals surface area contributed by atoms with Gasteiger partial charge in [-0.3, -0.25) is 0 Å². The molecule has 0 atom stereocenters. The molecule has 0 bridgehead atoms. The van der Waals surface area contributed by atoms with Gasteiger partial charge in [0.1, 0.15) is 0 Å². The summed E-state index contributed by atoms with van der Waals surface area (Å²) in [6.07, 6.45) is 0.990. The van der Waals surface area contributed by atoms with Gasteiger partial charge in [-0.05, 0) is 30.7 Å². The number of rotatable bonds is 3. The van der Waals surface area contributed by atoms with Gasteiger partial charge in [0.25, 0.3) is 0 Å². The summed E-state index contributed by atoms with van der Waals surface area (Å²) in [5.41, 5.74) is 2.62. The second-order valence-corrected chi connectivity index (χ2v) is 2.89. The van der Waals surface area contributed by atoms with Crippen molar-refractivity contribution in [3.63, 3.8) is 0 Å². The van der Waals surface area contributed by atoms with E-state index in [1.54, 1.807) is 0 Å². The molecule has 0 fully saturated rings. The molecule has 1 aromatic carbocycles. The molecule has 60 valence electrons. The Balaban J connectivity index is 2.52. The van der Waals surface area contributed by atoms with Crippen LogP contribution in [0.15, 0.2) is 24.3 Å². The molecule has 1 N–H and O–H groups in total. The van der Waals surface area contributed by atoms with Crippen LogP contribution in [0.25, 0.3) is 0 Å². The van der Waals surface area contributed by atoms with E-state index in [2.05, 4.69) is 36.0 Å². The van der Waals surface area contributed by atoms with E-state index in [4.69, 9.17) is 11.8 Å². The third kappa shape index (κ3) is 2.91. The molecule has 0 saturated heterocycles. The Kier molecular flexibility index (Phi) is 3.40. The second-order valence-electron chi connectivity index (χ2n) is 2.62. The molecule has 0 aromatic heterocycles. The van der Waals surface area contributed by atoms with E-state index in [1.165, 1.54) is 11.1 Å². The van der Waals surface area contributed by atoms with Gasteiger partial charge >= 0.3 is 0 Å². The third-order valence-electron chi connectivity index (χ3n) is 1.63. The van der Waals surface area contributed by atoms with E-state index in [-0.39, 0.29) is 0 Å². The van der Waals surface area contributed by atoms with Crippen molar-refractivity contribution in [2.75, 3.05) is 6.54 Å². The summed E-state index contributed by atoms with van der Waals surface area (Å²) < 4.78 is 0. The molecule has 0 radical (unpaired) electrons. The highest BCUT2D eigenvalue weighted by Gasteiger charge is 1.90. The van der Waals surface area contributed by atoms with Crippen molar-refractivity contribution in [3.8, 4) is 0 Å². The zero-order chi connectivity index (χ0) is 8.10. The molecule has 0 aliphatic heterocycles. The first-order valence-corrected chi connectivity index (χ1v) is 4.10. The molecule has 0 aliphatic rings. The van der Waals surface area contributed by atoms with Crippen molar-refractivity contribution >= 4 is 11.8 Å². The third-order valence-corrected chi connectivity index (χ3v) is 1.82. The Hall–Kier alpha value is -0.530. The average Bonchev–Trinajstić information content (AvgIpc) is 2.04. The summed E-state index contributed by atoms with van der Waals surface area (Å²) in [6.45, 7) is 2.91. The van der Waals surface area contributed by atoms with Gasteiger partial charge in [-0.15, -0.1) is 0 Å². The molecule has 1 rings (SSSR count). The lowest BCUT2D eigenvalue weighted by molar-refractivity contribution is 0.899. The average molecular weight is 170 g/mol. The molecule has 0 amide bonds. The van der Waals surface area contributed by atoms with Gasteiger partial charge in [0.2, 0.25) is 0 Å². The van der Waals surface area contributed by atoms with Gasteiger partial charge in [-0.2, -0.15) is 0 Å². The monoisotopic (exact) mass is 169 g/mol. The topological polar surface area (TPSA) is 12.0 Å². The fourth-order valence-electron chi connectivity index (χ4n) is 0.946. The Morgan fingerprint density at radius 1 is 1.27 bits per heavy atom. The van der Waals surface area contributed by atoms with Crippen molar-refractivity contribution < 1.29 is 0 Å². The van der Waals surface area contributed by atoms with Crippen LogP contribution in [0.1, 0.15) is 11.1 Å². The minimum absolute atomic E-state index is 0.824. The lowest BCUT2D eigenvalue weighted by Crippen LogP contribution is -2.03. The lowest BCUT2D eigenvalue weighted by atomic mass is 10.1. The van der Waals surface area contributed by atoms with Crippen LogP contribution < -0.4 is 4.84 Å². The highest BCUT2D eigenvalue weighted by Crippen LogP contribution is 2.02. The number of hydrogen-bond acceptors (Lipinski definition) is 1. The molecule has 0 aliphatic carbocycles. The van der Waals surface area contributed by atoms with Crippen molar-refractivity contribution in [2.45, 2.75) is 13.3 Å². The number of nitrogens with one attached hydrogen (secondary N) is 1. The Morgan fingerprint density at radius 3 is 2.45 bits per heavy atom. The predicted octanol–water partition coefficient (Wildman–Crippen LogP) is 2.28. The second kappa shape index (κ2) is 4.37. The van der Waals surface area contributed by atoms with Gasteiger partial charge in [0, 0.05) is 6.54 Å². The molecular weight excluding hydrogens is 158 g/mol. The summed E-state index contributed by atoms with van der Waals surface area (Å²) in [4.78, 5) is 2.60. The Bertz CT molecular complexity index is 205. The van der Waals surface area contributed by atoms with Gasteiger partial charge in [-0.25, -0.2) is 4.84 Å². The Morgan fingerprint density at radius 2 is 1.91 bits per heavy atom. The predicted molar refractivity (Wildman–Crippen MR) is 48.7 cm³/mol. The molecule has 1 aromatic rings. The summed E-state index contributed by atoms with van der Waals surface area (Å²) in [6, 6.07) is 8.49. The largest absolute Gasteiger partial charge is 0.233 e. The van der Waals surface area contributed by atoms with Crippen LogP contribution in [0.2, 0.25) is 0 Å². The van der Waals surface area contributed by atoms with Crippen molar-refractivity contribution in [2.24, 2.45) is 0 Å². The van der Waals surface area contributed by atoms with E-state index in [9.17, 15) is 0 Å². The van der Waals surface area contributed by atoms with E-state index < -0.39 is 0 Å². The maximum absolute atomic E-state index is 5.33. The molecule has 0 saturated carbocycles. The highest BCUT2D eigenvalue weighted by atomic mass is 35.5. The first kappa shape index (κ1) is 8.57. The van der Waals surface area contributed by atoms with E-state index >= 15 is 0 Å². The van der Waals surface area contributed by atoms with Crippen molar-refractivity contribution in [1.82, 2.24) is 4.84 Å². The minimum atomic E-state index is 0.824. The standard InChI is InChI=1S/C9H12ClN/c1-8-2-4-9(5-3-8)6-7-11-10/h2-5,11H,6-7H2,1H3. The first-order valence-electron chi connectivity index (χ1n) is 3.72. The first-order chi connectivity index (χ1) is 5.33. The van der Waals surface area contributed by atoms with E-state index in [0.29, 0.717) is 0 Å². The number of halogens is 1. The SMILES string of the molecule is Cc1ccc(CCNCl)cc1. The summed E-state index contributed by atoms with van der Waals surface area (Å²) >= 11 is 5.33. The van der Waals surface area contributed by atoms with Crippen molar-refractivity contribution in [1.29, 1.82) is 0 Å². The van der Waals surface area contributed by atoms with Crippen molar-refractivity contribution in [3.05, 3.63) is 35.4 Å². The quantitative estimate of drug-likeness (QED) is 0.685. The highest BCUT2D eigenvalue weighted by molar-refractivity contribution is 6.13. The van der Waals surface area contributed by atoms with E-state index in [0.717, 1.165) is 13.0 Å². The van der Waals surface area contributed by atoms with Crippen LogP contribution in [0.3, 0.4) is 0 Å². The fourth-order valence-corrected chi connectivity index (χ4v) is 1.04. The summed E-state index contributed by atoms with van der Waals surface area (Å²) in [5, 5.41) is 0. The lowest BCUT2D eigenvalue weighted by Gasteiger charge is -1.99. The van der Waals surface area contributed by atoms with Crippen LogP contribution in [-0.2, 0) is 6.42 Å². The van der Waals surface area contributed by atoms with Crippen LogP contribution in [-0.4, -0.2) is 6.54 Å². The smallest absolute Gasteiger partial charge is 0.0148 e. The molecule has 0 unspecified atom stereocenters. The van der Waals surface area contributed by atoms with E-state index in [1.807, 2.05) is 0 Å². The van der Waals surface area contributed by atoms with Crippen LogP contribution in [0, 0.1) is 6.92 Å². The maximum Gasteiger partial charge on any atom is 0.0148 e. The number of benzene rings is 1. The zero-order valence-corrected chi connectivity index (χ0v) is 7.36. The molecular formula is C9H12ClN. The molecule has 0 heterocycles. The summed E-state index contributed by atoms with van der Waals surface area (Å²) in [7, 11) is 0. The van der Waals surface area contributed by atoms with Gasteiger partial charge in [0.15, 0.2) is 0 Å². The molecule has 0 spiro atoms. The van der Waals surface area contributed by atoms with Crippen LogP contribution in [0.4, 0.5) is 0 Å².